The quantitative estimate of drug-likeness (QED) is 0.764. The number of hydrogen-bond acceptors (Lipinski definition) is 2. The minimum Gasteiger partial charge on any atom is -0.423 e. The van der Waals surface area contributed by atoms with Gasteiger partial charge in [-0.1, -0.05) is 48.0 Å². The molecule has 3 heteroatoms. The Morgan fingerprint density at radius 2 is 1.53 bits per heavy atom. The van der Waals surface area contributed by atoms with Crippen molar-refractivity contribution >= 4 is 12.6 Å². The van der Waals surface area contributed by atoms with Crippen LogP contribution in [-0.4, -0.2) is 17.2 Å². The average Bonchev–Trinajstić information content (AvgIpc) is 2.32. The molecule has 0 heterocycles. The number of aryl methyl sites for hydroxylation is 2. The summed E-state index contributed by atoms with van der Waals surface area (Å²) in [6.45, 7) is 3.87. The molecule has 0 radical (unpaired) electrons. The van der Waals surface area contributed by atoms with Gasteiger partial charge in [0.1, 0.15) is 0 Å². The Hall–Kier alpha value is -1.58. The molecule has 0 saturated heterocycles. The van der Waals surface area contributed by atoms with Gasteiger partial charge in [-0.15, -0.1) is 0 Å². The van der Waals surface area contributed by atoms with Crippen LogP contribution in [0.3, 0.4) is 0 Å². The van der Waals surface area contributed by atoms with Crippen molar-refractivity contribution in [2.45, 2.75) is 13.8 Å². The molecule has 86 valence electrons. The van der Waals surface area contributed by atoms with Gasteiger partial charge < -0.3 is 10.0 Å². The van der Waals surface area contributed by atoms with Crippen molar-refractivity contribution in [3.8, 4) is 11.1 Å². The maximum atomic E-state index is 9.25. The Kier molecular flexibility index (Phi) is 3.32. The molecule has 2 N–H and O–H groups in total. The molecule has 0 atom stereocenters. The van der Waals surface area contributed by atoms with Crippen LogP contribution in [-0.2, 0) is 0 Å². The Labute approximate surface area is 102 Å². The molecule has 0 aliphatic carbocycles. The van der Waals surface area contributed by atoms with E-state index in [2.05, 4.69) is 12.1 Å². The van der Waals surface area contributed by atoms with Crippen LogP contribution in [0.15, 0.2) is 42.5 Å². The number of hydrogen-bond donors (Lipinski definition) is 2. The minimum atomic E-state index is -1.40. The van der Waals surface area contributed by atoms with E-state index in [1.165, 1.54) is 0 Å². The fourth-order valence-electron chi connectivity index (χ4n) is 2.05. The van der Waals surface area contributed by atoms with Gasteiger partial charge in [0, 0.05) is 0 Å². The normalized spacial score (nSPS) is 10.4. The Morgan fingerprint density at radius 3 is 2.12 bits per heavy atom. The lowest BCUT2D eigenvalue weighted by molar-refractivity contribution is 0.425. The van der Waals surface area contributed by atoms with E-state index in [1.54, 1.807) is 0 Å². The predicted molar refractivity (Wildman–Crippen MR) is 71.2 cm³/mol. The lowest BCUT2D eigenvalue weighted by Crippen LogP contribution is -2.32. The molecule has 17 heavy (non-hydrogen) atoms. The van der Waals surface area contributed by atoms with Crippen molar-refractivity contribution in [1.29, 1.82) is 0 Å². The summed E-state index contributed by atoms with van der Waals surface area (Å²) < 4.78 is 0. The van der Waals surface area contributed by atoms with E-state index in [-0.39, 0.29) is 0 Å². The van der Waals surface area contributed by atoms with E-state index in [9.17, 15) is 10.0 Å². The molecular weight excluding hydrogens is 211 g/mol. The summed E-state index contributed by atoms with van der Waals surface area (Å²) in [5.41, 5.74) is 4.79. The van der Waals surface area contributed by atoms with E-state index in [4.69, 9.17) is 0 Å². The predicted octanol–water partition coefficient (Wildman–Crippen LogP) is 1.65. The van der Waals surface area contributed by atoms with Crippen LogP contribution < -0.4 is 5.46 Å². The summed E-state index contributed by atoms with van der Waals surface area (Å²) in [5.74, 6) is 0. The first kappa shape index (κ1) is 11.9. The third-order valence-electron chi connectivity index (χ3n) is 2.98. The molecule has 0 aromatic heterocycles. The smallest absolute Gasteiger partial charge is 0.423 e. The van der Waals surface area contributed by atoms with E-state index >= 15 is 0 Å². The maximum Gasteiger partial charge on any atom is 0.488 e. The van der Waals surface area contributed by atoms with E-state index < -0.39 is 7.12 Å². The number of benzene rings is 2. The average molecular weight is 226 g/mol. The highest BCUT2D eigenvalue weighted by molar-refractivity contribution is 6.59. The van der Waals surface area contributed by atoms with Crippen LogP contribution in [0.1, 0.15) is 11.1 Å². The Balaban J connectivity index is 2.55. The highest BCUT2D eigenvalue weighted by Gasteiger charge is 2.15. The molecule has 0 amide bonds. The highest BCUT2D eigenvalue weighted by atomic mass is 16.4. The van der Waals surface area contributed by atoms with Crippen molar-refractivity contribution < 1.29 is 10.0 Å². The standard InChI is InChI=1S/C14H15BO2/c1-10-9-14(15(16)17)11(2)8-13(10)12-6-4-3-5-7-12/h3-9,16-17H,1-2H3. The molecule has 2 aromatic rings. The van der Waals surface area contributed by atoms with Crippen molar-refractivity contribution in [2.75, 3.05) is 0 Å². The molecule has 0 fully saturated rings. The van der Waals surface area contributed by atoms with Crippen LogP contribution in [0, 0.1) is 13.8 Å². The maximum absolute atomic E-state index is 9.25. The zero-order valence-corrected chi connectivity index (χ0v) is 10.0. The summed E-state index contributed by atoms with van der Waals surface area (Å²) in [7, 11) is -1.40. The summed E-state index contributed by atoms with van der Waals surface area (Å²) in [6, 6.07) is 13.9. The second-order valence-electron chi connectivity index (χ2n) is 4.26. The van der Waals surface area contributed by atoms with Crippen molar-refractivity contribution in [3.05, 3.63) is 53.6 Å². The summed E-state index contributed by atoms with van der Waals surface area (Å²) in [5, 5.41) is 18.5. The second-order valence-corrected chi connectivity index (χ2v) is 4.26. The van der Waals surface area contributed by atoms with Crippen LogP contribution in [0.2, 0.25) is 0 Å². The monoisotopic (exact) mass is 226 g/mol. The fourth-order valence-corrected chi connectivity index (χ4v) is 2.05. The van der Waals surface area contributed by atoms with Gasteiger partial charge in [-0.05, 0) is 36.0 Å². The summed E-state index contributed by atoms with van der Waals surface area (Å²) in [4.78, 5) is 0. The van der Waals surface area contributed by atoms with Gasteiger partial charge in [0.15, 0.2) is 0 Å². The molecule has 0 unspecified atom stereocenters. The Bertz CT molecular complexity index is 521. The third kappa shape index (κ3) is 2.41. The molecule has 0 spiro atoms. The van der Waals surface area contributed by atoms with E-state index in [0.29, 0.717) is 5.46 Å². The van der Waals surface area contributed by atoms with Gasteiger partial charge in [0.05, 0.1) is 0 Å². The minimum absolute atomic E-state index is 0.571. The van der Waals surface area contributed by atoms with Gasteiger partial charge in [0.2, 0.25) is 0 Å². The first-order valence-electron chi connectivity index (χ1n) is 5.62. The first-order valence-corrected chi connectivity index (χ1v) is 5.62. The van der Waals surface area contributed by atoms with Crippen LogP contribution in [0.4, 0.5) is 0 Å². The third-order valence-corrected chi connectivity index (χ3v) is 2.98. The molecule has 2 aromatic carbocycles. The number of rotatable bonds is 2. The second kappa shape index (κ2) is 4.74. The largest absolute Gasteiger partial charge is 0.488 e. The fraction of sp³-hybridized carbons (Fsp3) is 0.143. The zero-order valence-electron chi connectivity index (χ0n) is 10.0. The highest BCUT2D eigenvalue weighted by Crippen LogP contribution is 2.23. The zero-order chi connectivity index (χ0) is 12.4. The SMILES string of the molecule is Cc1cc(-c2ccccc2)c(C)cc1B(O)O. The summed E-state index contributed by atoms with van der Waals surface area (Å²) >= 11 is 0. The lowest BCUT2D eigenvalue weighted by atomic mass is 9.75. The van der Waals surface area contributed by atoms with Gasteiger partial charge >= 0.3 is 7.12 Å². The first-order chi connectivity index (χ1) is 8.09. The van der Waals surface area contributed by atoms with Gasteiger partial charge in [-0.3, -0.25) is 0 Å². The molecular formula is C14H15BO2. The van der Waals surface area contributed by atoms with Crippen LogP contribution in [0.5, 0.6) is 0 Å². The lowest BCUT2D eigenvalue weighted by Gasteiger charge is -2.12. The van der Waals surface area contributed by atoms with Gasteiger partial charge in [-0.25, -0.2) is 0 Å². The van der Waals surface area contributed by atoms with Crippen molar-refractivity contribution in [2.24, 2.45) is 0 Å². The van der Waals surface area contributed by atoms with E-state index in [0.717, 1.165) is 22.3 Å². The molecule has 0 saturated carbocycles. The Morgan fingerprint density at radius 1 is 0.882 bits per heavy atom. The van der Waals surface area contributed by atoms with Crippen molar-refractivity contribution in [1.82, 2.24) is 0 Å². The van der Waals surface area contributed by atoms with E-state index in [1.807, 2.05) is 44.2 Å². The molecule has 2 nitrogen and oxygen atoms in total. The molecule has 0 aliphatic heterocycles. The van der Waals surface area contributed by atoms with Crippen LogP contribution in [0.25, 0.3) is 11.1 Å². The van der Waals surface area contributed by atoms with Gasteiger partial charge in [0.25, 0.3) is 0 Å². The topological polar surface area (TPSA) is 40.5 Å². The molecule has 2 rings (SSSR count). The summed E-state index contributed by atoms with van der Waals surface area (Å²) in [6.07, 6.45) is 0. The van der Waals surface area contributed by atoms with Crippen LogP contribution >= 0.6 is 0 Å². The molecule has 0 bridgehead atoms. The van der Waals surface area contributed by atoms with Gasteiger partial charge in [-0.2, -0.15) is 0 Å². The van der Waals surface area contributed by atoms with Crippen molar-refractivity contribution in [3.63, 3.8) is 0 Å². The molecule has 0 aliphatic rings.